The Labute approximate surface area is 151 Å². The van der Waals surface area contributed by atoms with Crippen LogP contribution in [0.3, 0.4) is 0 Å². The van der Waals surface area contributed by atoms with Gasteiger partial charge in [0.2, 0.25) is 0 Å². The van der Waals surface area contributed by atoms with Gasteiger partial charge in [-0.05, 0) is 19.1 Å². The summed E-state index contributed by atoms with van der Waals surface area (Å²) < 4.78 is 15.5. The minimum absolute atomic E-state index is 0.216. The molecule has 1 saturated heterocycles. The first kappa shape index (κ1) is 17.8. The molecular formula is C18H21N3O5. The number of methoxy groups -OCH3 is 1. The predicted molar refractivity (Wildman–Crippen MR) is 93.0 cm³/mol. The van der Waals surface area contributed by atoms with E-state index in [-0.39, 0.29) is 17.7 Å². The van der Waals surface area contributed by atoms with E-state index in [4.69, 9.17) is 14.0 Å². The molecule has 0 bridgehead atoms. The average Bonchev–Trinajstić information content (AvgIpc) is 3.18. The lowest BCUT2D eigenvalue weighted by molar-refractivity contribution is 0.0562. The molecular weight excluding hydrogens is 338 g/mol. The van der Waals surface area contributed by atoms with Crippen LogP contribution in [0, 0.1) is 0 Å². The van der Waals surface area contributed by atoms with Crippen LogP contribution < -0.4 is 4.74 Å². The Morgan fingerprint density at radius 1 is 1.15 bits per heavy atom. The molecule has 2 amide bonds. The van der Waals surface area contributed by atoms with E-state index in [0.717, 1.165) is 5.56 Å². The van der Waals surface area contributed by atoms with Crippen molar-refractivity contribution in [2.24, 2.45) is 0 Å². The number of amides is 2. The summed E-state index contributed by atoms with van der Waals surface area (Å²) in [7, 11) is 1.59. The largest absolute Gasteiger partial charge is 0.497 e. The third-order valence-corrected chi connectivity index (χ3v) is 4.18. The fraction of sp³-hybridized carbons (Fsp3) is 0.389. The van der Waals surface area contributed by atoms with Crippen LogP contribution in [0.4, 0.5) is 4.79 Å². The SMILES string of the molecule is CCOC(=O)N1CCN(C(=O)c2cc(-c3cccc(OC)c3)on2)CC1. The number of carbonyl (C=O) groups excluding carboxylic acids is 2. The number of piperazine rings is 1. The van der Waals surface area contributed by atoms with Gasteiger partial charge in [0.25, 0.3) is 5.91 Å². The maximum Gasteiger partial charge on any atom is 0.409 e. The highest BCUT2D eigenvalue weighted by Gasteiger charge is 2.27. The van der Waals surface area contributed by atoms with Crippen molar-refractivity contribution in [1.82, 2.24) is 15.0 Å². The maximum absolute atomic E-state index is 12.6. The van der Waals surface area contributed by atoms with E-state index in [2.05, 4.69) is 5.16 Å². The van der Waals surface area contributed by atoms with Gasteiger partial charge in [0.05, 0.1) is 13.7 Å². The van der Waals surface area contributed by atoms with Crippen LogP contribution in [-0.2, 0) is 4.74 Å². The monoisotopic (exact) mass is 359 g/mol. The standard InChI is InChI=1S/C18H21N3O5/c1-3-25-18(23)21-9-7-20(8-10-21)17(22)15-12-16(26-19-15)13-5-4-6-14(11-13)24-2/h4-6,11-12H,3,7-10H2,1-2H3. The van der Waals surface area contributed by atoms with Gasteiger partial charge in [0.15, 0.2) is 11.5 Å². The molecule has 26 heavy (non-hydrogen) atoms. The summed E-state index contributed by atoms with van der Waals surface area (Å²) in [5.41, 5.74) is 1.02. The number of rotatable bonds is 4. The van der Waals surface area contributed by atoms with Crippen LogP contribution in [0.15, 0.2) is 34.9 Å². The van der Waals surface area contributed by atoms with Crippen molar-refractivity contribution in [3.8, 4) is 17.1 Å². The van der Waals surface area contributed by atoms with Crippen molar-refractivity contribution in [2.75, 3.05) is 39.9 Å². The van der Waals surface area contributed by atoms with Gasteiger partial charge in [0.1, 0.15) is 5.75 Å². The molecule has 1 fully saturated rings. The van der Waals surface area contributed by atoms with E-state index in [1.165, 1.54) is 0 Å². The molecule has 1 aromatic carbocycles. The molecule has 0 atom stereocenters. The van der Waals surface area contributed by atoms with Gasteiger partial charge in [-0.2, -0.15) is 0 Å². The zero-order valence-corrected chi connectivity index (χ0v) is 14.8. The molecule has 0 spiro atoms. The summed E-state index contributed by atoms with van der Waals surface area (Å²) in [6, 6.07) is 8.96. The lowest BCUT2D eigenvalue weighted by Crippen LogP contribution is -2.50. The number of carbonyl (C=O) groups is 2. The minimum Gasteiger partial charge on any atom is -0.497 e. The maximum atomic E-state index is 12.6. The number of hydrogen-bond acceptors (Lipinski definition) is 6. The predicted octanol–water partition coefficient (Wildman–Crippen LogP) is 2.26. The topological polar surface area (TPSA) is 85.1 Å². The van der Waals surface area contributed by atoms with Crippen LogP contribution in [0.2, 0.25) is 0 Å². The molecule has 2 aromatic rings. The van der Waals surface area contributed by atoms with Gasteiger partial charge in [-0.1, -0.05) is 17.3 Å². The number of ether oxygens (including phenoxy) is 2. The molecule has 0 aliphatic carbocycles. The first-order valence-electron chi connectivity index (χ1n) is 8.44. The number of aromatic nitrogens is 1. The Bertz CT molecular complexity index is 781. The van der Waals surface area contributed by atoms with Crippen molar-refractivity contribution in [3.63, 3.8) is 0 Å². The van der Waals surface area contributed by atoms with Crippen LogP contribution in [-0.4, -0.2) is 66.9 Å². The summed E-state index contributed by atoms with van der Waals surface area (Å²) >= 11 is 0. The molecule has 0 radical (unpaired) electrons. The van der Waals surface area contributed by atoms with Crippen LogP contribution in [0.5, 0.6) is 5.75 Å². The van der Waals surface area contributed by atoms with E-state index in [9.17, 15) is 9.59 Å². The van der Waals surface area contributed by atoms with Crippen molar-refractivity contribution >= 4 is 12.0 Å². The quantitative estimate of drug-likeness (QED) is 0.832. The zero-order chi connectivity index (χ0) is 18.5. The van der Waals surface area contributed by atoms with Crippen molar-refractivity contribution in [1.29, 1.82) is 0 Å². The van der Waals surface area contributed by atoms with Gasteiger partial charge in [0, 0.05) is 37.8 Å². The molecule has 8 heteroatoms. The summed E-state index contributed by atoms with van der Waals surface area (Å²) in [6.07, 6.45) is -0.346. The van der Waals surface area contributed by atoms with E-state index < -0.39 is 0 Å². The van der Waals surface area contributed by atoms with Crippen LogP contribution in [0.25, 0.3) is 11.3 Å². The fourth-order valence-corrected chi connectivity index (χ4v) is 2.76. The summed E-state index contributed by atoms with van der Waals surface area (Å²) in [4.78, 5) is 27.6. The van der Waals surface area contributed by atoms with Crippen LogP contribution in [0.1, 0.15) is 17.4 Å². The summed E-state index contributed by atoms with van der Waals surface area (Å²) in [6.45, 7) is 3.83. The molecule has 1 aliphatic heterocycles. The van der Waals surface area contributed by atoms with Gasteiger partial charge < -0.3 is 23.8 Å². The number of hydrogen-bond donors (Lipinski definition) is 0. The van der Waals surface area contributed by atoms with E-state index >= 15 is 0 Å². The smallest absolute Gasteiger partial charge is 0.409 e. The van der Waals surface area contributed by atoms with Crippen molar-refractivity contribution in [3.05, 3.63) is 36.0 Å². The Morgan fingerprint density at radius 2 is 1.88 bits per heavy atom. The second-order valence-corrected chi connectivity index (χ2v) is 5.79. The molecule has 0 N–H and O–H groups in total. The highest BCUT2D eigenvalue weighted by molar-refractivity contribution is 5.93. The Kier molecular flexibility index (Phi) is 5.40. The number of nitrogens with zero attached hydrogens (tertiary/aromatic N) is 3. The van der Waals surface area contributed by atoms with Gasteiger partial charge in [-0.25, -0.2) is 4.79 Å². The first-order chi connectivity index (χ1) is 12.6. The molecule has 138 valence electrons. The van der Waals surface area contributed by atoms with E-state index in [1.807, 2.05) is 24.3 Å². The van der Waals surface area contributed by atoms with Gasteiger partial charge >= 0.3 is 6.09 Å². The van der Waals surface area contributed by atoms with Crippen LogP contribution >= 0.6 is 0 Å². The fourth-order valence-electron chi connectivity index (χ4n) is 2.76. The molecule has 0 saturated carbocycles. The Hall–Kier alpha value is -3.03. The molecule has 2 heterocycles. The zero-order valence-electron chi connectivity index (χ0n) is 14.8. The van der Waals surface area contributed by atoms with Crippen molar-refractivity contribution in [2.45, 2.75) is 6.92 Å². The van der Waals surface area contributed by atoms with E-state index in [1.54, 1.807) is 29.9 Å². The van der Waals surface area contributed by atoms with Crippen molar-refractivity contribution < 1.29 is 23.6 Å². The molecule has 1 aromatic heterocycles. The second-order valence-electron chi connectivity index (χ2n) is 5.79. The normalized spacial score (nSPS) is 14.2. The lowest BCUT2D eigenvalue weighted by Gasteiger charge is -2.33. The molecule has 8 nitrogen and oxygen atoms in total. The third-order valence-electron chi connectivity index (χ3n) is 4.18. The summed E-state index contributed by atoms with van der Waals surface area (Å²) in [5, 5.41) is 3.89. The Balaban J connectivity index is 1.64. The Morgan fingerprint density at radius 3 is 2.58 bits per heavy atom. The lowest BCUT2D eigenvalue weighted by atomic mass is 10.1. The van der Waals surface area contributed by atoms with Gasteiger partial charge in [-0.15, -0.1) is 0 Å². The molecule has 1 aliphatic rings. The first-order valence-corrected chi connectivity index (χ1v) is 8.44. The minimum atomic E-state index is -0.346. The summed E-state index contributed by atoms with van der Waals surface area (Å²) in [5.74, 6) is 0.977. The second kappa shape index (κ2) is 7.90. The average molecular weight is 359 g/mol. The third kappa shape index (κ3) is 3.79. The highest BCUT2D eigenvalue weighted by atomic mass is 16.6. The van der Waals surface area contributed by atoms with Gasteiger partial charge in [-0.3, -0.25) is 4.79 Å². The molecule has 0 unspecified atom stereocenters. The molecule has 3 rings (SSSR count). The highest BCUT2D eigenvalue weighted by Crippen LogP contribution is 2.25. The van der Waals surface area contributed by atoms with E-state index in [0.29, 0.717) is 44.3 Å². The number of benzene rings is 1.